The highest BCUT2D eigenvalue weighted by atomic mass is 79.9. The molecule has 106 valence electrons. The second-order valence-corrected chi connectivity index (χ2v) is 6.57. The summed E-state index contributed by atoms with van der Waals surface area (Å²) in [4.78, 5) is 11.8. The summed E-state index contributed by atoms with van der Waals surface area (Å²) < 4.78 is 6.86. The van der Waals surface area contributed by atoms with E-state index in [2.05, 4.69) is 37.2 Å². The van der Waals surface area contributed by atoms with Gasteiger partial charge in [-0.2, -0.15) is 0 Å². The van der Waals surface area contributed by atoms with Crippen LogP contribution in [0.5, 0.6) is 0 Å². The van der Waals surface area contributed by atoms with Gasteiger partial charge in [0.25, 0.3) is 0 Å². The molecule has 0 saturated carbocycles. The first-order valence-electron chi connectivity index (χ1n) is 6.15. The molecule has 0 saturated heterocycles. The Morgan fingerprint density at radius 3 is 2.37 bits per heavy atom. The van der Waals surface area contributed by atoms with Crippen molar-refractivity contribution in [2.75, 3.05) is 7.11 Å². The van der Waals surface area contributed by atoms with Gasteiger partial charge in [0.15, 0.2) is 0 Å². The second-order valence-electron chi connectivity index (χ2n) is 4.80. The molecule has 0 bridgehead atoms. The predicted molar refractivity (Wildman–Crippen MR) is 84.0 cm³/mol. The minimum Gasteiger partial charge on any atom is -0.468 e. The average molecular weight is 393 g/mol. The van der Waals surface area contributed by atoms with Crippen molar-refractivity contribution in [3.05, 3.63) is 32.7 Å². The molecule has 2 unspecified atom stereocenters. The van der Waals surface area contributed by atoms with E-state index in [1.54, 1.807) is 0 Å². The molecule has 1 aromatic rings. The van der Waals surface area contributed by atoms with Gasteiger partial charge in [-0.3, -0.25) is 10.1 Å². The second kappa shape index (κ2) is 7.41. The van der Waals surface area contributed by atoms with Crippen LogP contribution < -0.4 is 5.32 Å². The largest absolute Gasteiger partial charge is 0.468 e. The molecule has 1 aromatic carbocycles. The number of esters is 1. The first-order valence-corrected chi connectivity index (χ1v) is 7.74. The molecule has 3 nitrogen and oxygen atoms in total. The normalized spacial score (nSPS) is 14.3. The minimum absolute atomic E-state index is 0.0500. The maximum absolute atomic E-state index is 11.8. The number of halogens is 2. The van der Waals surface area contributed by atoms with E-state index >= 15 is 0 Å². The fourth-order valence-corrected chi connectivity index (χ4v) is 3.26. The molecular weight excluding hydrogens is 374 g/mol. The molecule has 2 atom stereocenters. The topological polar surface area (TPSA) is 38.3 Å². The molecular formula is C14H19Br2NO2. The summed E-state index contributed by atoms with van der Waals surface area (Å²) >= 11 is 6.97. The van der Waals surface area contributed by atoms with Crippen molar-refractivity contribution in [3.63, 3.8) is 0 Å². The highest BCUT2D eigenvalue weighted by Gasteiger charge is 2.25. The van der Waals surface area contributed by atoms with Gasteiger partial charge in [-0.25, -0.2) is 0 Å². The van der Waals surface area contributed by atoms with E-state index < -0.39 is 0 Å². The number of methoxy groups -OCH3 is 1. The van der Waals surface area contributed by atoms with Crippen molar-refractivity contribution in [3.8, 4) is 0 Å². The molecule has 0 fully saturated rings. The molecule has 1 N–H and O–H groups in total. The van der Waals surface area contributed by atoms with E-state index in [4.69, 9.17) is 4.74 Å². The van der Waals surface area contributed by atoms with Crippen molar-refractivity contribution in [2.45, 2.75) is 32.9 Å². The maximum Gasteiger partial charge on any atom is 0.323 e. The van der Waals surface area contributed by atoms with Crippen molar-refractivity contribution >= 4 is 37.8 Å². The van der Waals surface area contributed by atoms with Crippen LogP contribution in [-0.2, 0) is 9.53 Å². The summed E-state index contributed by atoms with van der Waals surface area (Å²) in [6.45, 7) is 6.03. The van der Waals surface area contributed by atoms with Crippen molar-refractivity contribution in [1.82, 2.24) is 5.32 Å². The van der Waals surface area contributed by atoms with Gasteiger partial charge in [-0.05, 0) is 30.5 Å². The molecule has 0 radical (unpaired) electrons. The third-order valence-electron chi connectivity index (χ3n) is 2.98. The Labute approximate surface area is 131 Å². The third kappa shape index (κ3) is 4.58. The molecule has 0 aliphatic heterocycles. The number of ether oxygens (including phenoxy) is 1. The lowest BCUT2D eigenvalue weighted by Crippen LogP contribution is -2.43. The van der Waals surface area contributed by atoms with Gasteiger partial charge in [0.1, 0.15) is 6.04 Å². The Balaban J connectivity index is 2.87. The van der Waals surface area contributed by atoms with Gasteiger partial charge in [0.05, 0.1) is 7.11 Å². The van der Waals surface area contributed by atoms with Gasteiger partial charge in [0.2, 0.25) is 0 Å². The molecule has 5 heteroatoms. The maximum atomic E-state index is 11.8. The van der Waals surface area contributed by atoms with E-state index in [0.717, 1.165) is 14.5 Å². The van der Waals surface area contributed by atoms with Crippen LogP contribution in [-0.4, -0.2) is 19.1 Å². The number of hydrogen-bond acceptors (Lipinski definition) is 3. The molecule has 0 aliphatic rings. The number of hydrogen-bond donors (Lipinski definition) is 1. The van der Waals surface area contributed by atoms with E-state index in [1.807, 2.05) is 39.0 Å². The Morgan fingerprint density at radius 2 is 1.89 bits per heavy atom. The highest BCUT2D eigenvalue weighted by molar-refractivity contribution is 9.11. The lowest BCUT2D eigenvalue weighted by atomic mass is 10.0. The number of nitrogens with one attached hydrogen (secondary N) is 1. The monoisotopic (exact) mass is 391 g/mol. The number of rotatable bonds is 5. The first-order chi connectivity index (χ1) is 8.86. The van der Waals surface area contributed by atoms with Crippen LogP contribution in [0.3, 0.4) is 0 Å². The quantitative estimate of drug-likeness (QED) is 0.768. The van der Waals surface area contributed by atoms with Crippen molar-refractivity contribution in [2.24, 2.45) is 5.92 Å². The molecule has 0 aliphatic carbocycles. The SMILES string of the molecule is COC(=O)C(NC(C)c1ccc(Br)cc1Br)C(C)C. The summed E-state index contributed by atoms with van der Waals surface area (Å²) in [6.07, 6.45) is 0. The fraction of sp³-hybridized carbons (Fsp3) is 0.500. The smallest absolute Gasteiger partial charge is 0.323 e. The summed E-state index contributed by atoms with van der Waals surface area (Å²) in [5, 5.41) is 3.32. The zero-order valence-corrected chi connectivity index (χ0v) is 14.7. The van der Waals surface area contributed by atoms with E-state index in [-0.39, 0.29) is 24.0 Å². The van der Waals surface area contributed by atoms with Gasteiger partial charge >= 0.3 is 5.97 Å². The molecule has 19 heavy (non-hydrogen) atoms. The summed E-state index contributed by atoms with van der Waals surface area (Å²) in [7, 11) is 1.42. The van der Waals surface area contributed by atoms with Crippen LogP contribution in [0, 0.1) is 5.92 Å². The minimum atomic E-state index is -0.310. The van der Waals surface area contributed by atoms with Crippen molar-refractivity contribution < 1.29 is 9.53 Å². The summed E-state index contributed by atoms with van der Waals surface area (Å²) in [6, 6.07) is 5.75. The van der Waals surface area contributed by atoms with E-state index in [9.17, 15) is 4.79 Å². The zero-order valence-electron chi connectivity index (χ0n) is 11.5. The third-order valence-corrected chi connectivity index (χ3v) is 4.16. The Bertz CT molecular complexity index is 449. The van der Waals surface area contributed by atoms with Crippen LogP contribution in [0.25, 0.3) is 0 Å². The van der Waals surface area contributed by atoms with Crippen LogP contribution in [0.2, 0.25) is 0 Å². The predicted octanol–water partition coefficient (Wildman–Crippen LogP) is 4.06. The standard InChI is InChI=1S/C14H19Br2NO2/c1-8(2)13(14(18)19-4)17-9(3)11-6-5-10(15)7-12(11)16/h5-9,13,17H,1-4H3. The molecule has 0 spiro atoms. The van der Waals surface area contributed by atoms with E-state index in [1.165, 1.54) is 7.11 Å². The fourth-order valence-electron chi connectivity index (χ4n) is 1.87. The highest BCUT2D eigenvalue weighted by Crippen LogP contribution is 2.27. The van der Waals surface area contributed by atoms with Crippen LogP contribution >= 0.6 is 31.9 Å². The van der Waals surface area contributed by atoms with Gasteiger partial charge in [-0.15, -0.1) is 0 Å². The molecule has 0 aromatic heterocycles. The first kappa shape index (κ1) is 16.7. The van der Waals surface area contributed by atoms with Gasteiger partial charge in [-0.1, -0.05) is 51.8 Å². The lowest BCUT2D eigenvalue weighted by molar-refractivity contribution is -0.144. The van der Waals surface area contributed by atoms with Crippen molar-refractivity contribution in [1.29, 1.82) is 0 Å². The summed E-state index contributed by atoms with van der Waals surface area (Å²) in [5.74, 6) is -0.0563. The lowest BCUT2D eigenvalue weighted by Gasteiger charge is -2.25. The van der Waals surface area contributed by atoms with Crippen LogP contribution in [0.15, 0.2) is 27.1 Å². The van der Waals surface area contributed by atoms with Gasteiger partial charge < -0.3 is 4.74 Å². The zero-order chi connectivity index (χ0) is 14.6. The number of carbonyl (C=O) groups excluding carboxylic acids is 1. The van der Waals surface area contributed by atoms with Crippen LogP contribution in [0.4, 0.5) is 0 Å². The van der Waals surface area contributed by atoms with E-state index in [0.29, 0.717) is 0 Å². The average Bonchev–Trinajstić information content (AvgIpc) is 2.34. The van der Waals surface area contributed by atoms with Crippen LogP contribution in [0.1, 0.15) is 32.4 Å². The van der Waals surface area contributed by atoms with Gasteiger partial charge in [0, 0.05) is 15.0 Å². The Morgan fingerprint density at radius 1 is 1.26 bits per heavy atom. The number of benzene rings is 1. The molecule has 0 amide bonds. The number of carbonyl (C=O) groups is 1. The Hall–Kier alpha value is -0.390. The molecule has 0 heterocycles. The molecule has 1 rings (SSSR count). The Kier molecular flexibility index (Phi) is 6.50. The summed E-state index contributed by atoms with van der Waals surface area (Å²) in [5.41, 5.74) is 1.11.